The van der Waals surface area contributed by atoms with Crippen LogP contribution in [0.25, 0.3) is 0 Å². The summed E-state index contributed by atoms with van der Waals surface area (Å²) in [6, 6.07) is 8.63. The van der Waals surface area contributed by atoms with E-state index in [-0.39, 0.29) is 6.07 Å². The molecule has 0 spiro atoms. The SMILES string of the molecule is CC(c1ccccc1)c1c(F)c(F)cc(F)c1F. The topological polar surface area (TPSA) is 0 Å². The van der Waals surface area contributed by atoms with Gasteiger partial charge in [-0.15, -0.1) is 0 Å². The van der Waals surface area contributed by atoms with Crippen molar-refractivity contribution in [3.05, 3.63) is 70.8 Å². The van der Waals surface area contributed by atoms with Crippen molar-refractivity contribution in [3.63, 3.8) is 0 Å². The molecule has 0 aliphatic rings. The predicted octanol–water partition coefficient (Wildman–Crippen LogP) is 4.39. The minimum absolute atomic E-state index is 0.214. The summed E-state index contributed by atoms with van der Waals surface area (Å²) >= 11 is 0. The molecule has 2 aromatic carbocycles. The van der Waals surface area contributed by atoms with E-state index in [0.29, 0.717) is 5.56 Å². The van der Waals surface area contributed by atoms with E-state index in [1.165, 1.54) is 6.92 Å². The van der Waals surface area contributed by atoms with Crippen LogP contribution >= 0.6 is 0 Å². The van der Waals surface area contributed by atoms with Crippen molar-refractivity contribution in [1.29, 1.82) is 0 Å². The van der Waals surface area contributed by atoms with Gasteiger partial charge in [-0.05, 0) is 5.56 Å². The summed E-state index contributed by atoms with van der Waals surface area (Å²) in [7, 11) is 0. The minimum atomic E-state index is -1.38. The molecule has 1 atom stereocenters. The van der Waals surface area contributed by atoms with Crippen molar-refractivity contribution >= 4 is 0 Å². The Balaban J connectivity index is 2.58. The molecule has 2 rings (SSSR count). The second-order valence-electron chi connectivity index (χ2n) is 4.01. The van der Waals surface area contributed by atoms with Gasteiger partial charge in [0.05, 0.1) is 0 Å². The highest BCUT2D eigenvalue weighted by atomic mass is 19.2. The molecule has 4 heteroatoms. The van der Waals surface area contributed by atoms with Gasteiger partial charge in [-0.1, -0.05) is 37.3 Å². The van der Waals surface area contributed by atoms with E-state index in [1.807, 2.05) is 0 Å². The second kappa shape index (κ2) is 4.80. The van der Waals surface area contributed by atoms with E-state index < -0.39 is 34.8 Å². The molecule has 0 bridgehead atoms. The Hall–Kier alpha value is -1.84. The maximum absolute atomic E-state index is 13.6. The molecule has 2 aromatic rings. The Morgan fingerprint density at radius 2 is 1.33 bits per heavy atom. The van der Waals surface area contributed by atoms with E-state index in [2.05, 4.69) is 0 Å². The molecule has 94 valence electrons. The molecular weight excluding hydrogens is 244 g/mol. The molecule has 18 heavy (non-hydrogen) atoms. The van der Waals surface area contributed by atoms with Crippen molar-refractivity contribution in [1.82, 2.24) is 0 Å². The van der Waals surface area contributed by atoms with Crippen LogP contribution in [0.2, 0.25) is 0 Å². The van der Waals surface area contributed by atoms with Crippen molar-refractivity contribution in [2.24, 2.45) is 0 Å². The zero-order valence-electron chi connectivity index (χ0n) is 9.55. The zero-order valence-corrected chi connectivity index (χ0v) is 9.55. The minimum Gasteiger partial charge on any atom is -0.204 e. The summed E-state index contributed by atoms with van der Waals surface area (Å²) in [6.07, 6.45) is 0. The highest BCUT2D eigenvalue weighted by Gasteiger charge is 2.24. The zero-order chi connectivity index (χ0) is 13.3. The van der Waals surface area contributed by atoms with Gasteiger partial charge in [-0.2, -0.15) is 0 Å². The third-order valence-corrected chi connectivity index (χ3v) is 2.88. The van der Waals surface area contributed by atoms with Crippen LogP contribution < -0.4 is 0 Å². The third-order valence-electron chi connectivity index (χ3n) is 2.88. The summed E-state index contributed by atoms with van der Waals surface area (Å²) in [5, 5.41) is 0. The lowest BCUT2D eigenvalue weighted by Crippen LogP contribution is -2.07. The van der Waals surface area contributed by atoms with Gasteiger partial charge in [0.2, 0.25) is 0 Å². The summed E-state index contributed by atoms with van der Waals surface area (Å²) in [6.45, 7) is 1.50. The largest absolute Gasteiger partial charge is 0.204 e. The van der Waals surface area contributed by atoms with Crippen LogP contribution in [0.1, 0.15) is 24.0 Å². The van der Waals surface area contributed by atoms with Crippen LogP contribution in [-0.4, -0.2) is 0 Å². The Kier molecular flexibility index (Phi) is 3.36. The van der Waals surface area contributed by atoms with Crippen molar-refractivity contribution in [2.75, 3.05) is 0 Å². The summed E-state index contributed by atoms with van der Waals surface area (Å²) in [4.78, 5) is 0. The fourth-order valence-corrected chi connectivity index (χ4v) is 1.88. The molecule has 0 nitrogen and oxygen atoms in total. The van der Waals surface area contributed by atoms with Crippen LogP contribution in [0, 0.1) is 23.3 Å². The van der Waals surface area contributed by atoms with Gasteiger partial charge in [0, 0.05) is 17.5 Å². The first-order valence-electron chi connectivity index (χ1n) is 5.40. The number of halogens is 4. The molecule has 0 saturated heterocycles. The van der Waals surface area contributed by atoms with Gasteiger partial charge < -0.3 is 0 Å². The number of hydrogen-bond donors (Lipinski definition) is 0. The molecule has 1 unspecified atom stereocenters. The Bertz CT molecular complexity index is 538. The van der Waals surface area contributed by atoms with Gasteiger partial charge >= 0.3 is 0 Å². The van der Waals surface area contributed by atoms with E-state index >= 15 is 0 Å². The molecule has 0 aliphatic carbocycles. The van der Waals surface area contributed by atoms with Crippen molar-refractivity contribution in [3.8, 4) is 0 Å². The maximum atomic E-state index is 13.6. The average Bonchev–Trinajstić information content (AvgIpc) is 2.37. The number of rotatable bonds is 2. The van der Waals surface area contributed by atoms with Crippen molar-refractivity contribution in [2.45, 2.75) is 12.8 Å². The molecule has 0 aliphatic heterocycles. The molecular formula is C14H10F4. The first kappa shape index (κ1) is 12.6. The van der Waals surface area contributed by atoms with E-state index in [9.17, 15) is 17.6 Å². The summed E-state index contributed by atoms with van der Waals surface area (Å²) < 4.78 is 53.4. The molecule has 0 N–H and O–H groups in total. The normalized spacial score (nSPS) is 12.5. The quantitative estimate of drug-likeness (QED) is 0.550. The van der Waals surface area contributed by atoms with Gasteiger partial charge in [0.15, 0.2) is 23.3 Å². The van der Waals surface area contributed by atoms with E-state index in [1.54, 1.807) is 30.3 Å². The molecule has 0 amide bonds. The first-order valence-corrected chi connectivity index (χ1v) is 5.40. The Morgan fingerprint density at radius 1 is 0.833 bits per heavy atom. The number of benzene rings is 2. The lowest BCUT2D eigenvalue weighted by Gasteiger charge is -2.15. The van der Waals surface area contributed by atoms with Crippen molar-refractivity contribution < 1.29 is 17.6 Å². The van der Waals surface area contributed by atoms with E-state index in [0.717, 1.165) is 0 Å². The fraction of sp³-hybridized carbons (Fsp3) is 0.143. The highest BCUT2D eigenvalue weighted by molar-refractivity contribution is 5.34. The number of hydrogen-bond acceptors (Lipinski definition) is 0. The van der Waals surface area contributed by atoms with Crippen LogP contribution in [0.15, 0.2) is 36.4 Å². The maximum Gasteiger partial charge on any atom is 0.165 e. The summed E-state index contributed by atoms with van der Waals surface area (Å²) in [5.41, 5.74) is -0.000926. The Morgan fingerprint density at radius 3 is 1.83 bits per heavy atom. The molecule has 0 saturated carbocycles. The smallest absolute Gasteiger partial charge is 0.165 e. The Labute approximate surface area is 102 Å². The lowest BCUT2D eigenvalue weighted by atomic mass is 9.92. The molecule has 0 heterocycles. The van der Waals surface area contributed by atoms with Crippen LogP contribution in [0.4, 0.5) is 17.6 Å². The molecule has 0 radical (unpaired) electrons. The van der Waals surface area contributed by atoms with Gasteiger partial charge in [-0.3, -0.25) is 0 Å². The third kappa shape index (κ3) is 2.10. The highest BCUT2D eigenvalue weighted by Crippen LogP contribution is 2.30. The monoisotopic (exact) mass is 254 g/mol. The molecule has 0 fully saturated rings. The first-order chi connectivity index (χ1) is 8.52. The van der Waals surface area contributed by atoms with Crippen LogP contribution in [0.5, 0.6) is 0 Å². The van der Waals surface area contributed by atoms with Crippen LogP contribution in [-0.2, 0) is 0 Å². The molecule has 0 aromatic heterocycles. The van der Waals surface area contributed by atoms with Gasteiger partial charge in [0.1, 0.15) is 0 Å². The summed E-state index contributed by atoms with van der Waals surface area (Å²) in [5.74, 6) is -6.22. The van der Waals surface area contributed by atoms with E-state index in [4.69, 9.17) is 0 Å². The fourth-order valence-electron chi connectivity index (χ4n) is 1.88. The van der Waals surface area contributed by atoms with Gasteiger partial charge in [0.25, 0.3) is 0 Å². The average molecular weight is 254 g/mol. The van der Waals surface area contributed by atoms with Crippen LogP contribution in [0.3, 0.4) is 0 Å². The predicted molar refractivity (Wildman–Crippen MR) is 60.2 cm³/mol. The second-order valence-corrected chi connectivity index (χ2v) is 4.01. The standard InChI is InChI=1S/C14H10F4/c1-8(9-5-3-2-4-6-9)12-13(17)10(15)7-11(16)14(12)18/h2-8H,1H3. The lowest BCUT2D eigenvalue weighted by molar-refractivity contribution is 0.435. The van der Waals surface area contributed by atoms with Gasteiger partial charge in [-0.25, -0.2) is 17.6 Å².